The van der Waals surface area contributed by atoms with Crippen LogP contribution in [0.15, 0.2) is 169 Å². The number of fused-ring (bicyclic) bond motifs is 1. The second kappa shape index (κ2) is 27.2. The van der Waals surface area contributed by atoms with E-state index in [0.29, 0.717) is 41.3 Å². The summed E-state index contributed by atoms with van der Waals surface area (Å²) in [5.74, 6) is 2.01. The molecule has 0 saturated heterocycles. The third-order valence-corrected chi connectivity index (χ3v) is 12.3. The molecule has 0 unspecified atom stereocenters. The maximum Gasteiger partial charge on any atom is 0.235 e. The van der Waals surface area contributed by atoms with Crippen LogP contribution in [0.3, 0.4) is 0 Å². The van der Waals surface area contributed by atoms with Crippen molar-refractivity contribution in [2.24, 2.45) is 0 Å². The lowest BCUT2D eigenvalue weighted by Gasteiger charge is -2.21. The molecule has 0 bridgehead atoms. The molecule has 0 aliphatic heterocycles. The van der Waals surface area contributed by atoms with E-state index in [1.807, 2.05) is 146 Å². The minimum Gasteiger partial charge on any atom is -0.489 e. The van der Waals surface area contributed by atoms with Gasteiger partial charge < -0.3 is 23.5 Å². The van der Waals surface area contributed by atoms with Crippen LogP contribution in [-0.4, -0.2) is 4.57 Å². The Balaban J connectivity index is 1.20. The number of hydrogen-bond donors (Lipinski definition) is 0. The Morgan fingerprint density at radius 3 is 1.37 bits per heavy atom. The molecule has 0 radical (unpaired) electrons. The highest BCUT2D eigenvalue weighted by molar-refractivity contribution is 5.93. The minimum absolute atomic E-state index is 0.216. The molecule has 0 N–H and O–H groups in total. The van der Waals surface area contributed by atoms with Crippen LogP contribution in [-0.2, 0) is 26.4 Å². The Morgan fingerprint density at radius 2 is 0.881 bits per heavy atom. The second-order valence-electron chi connectivity index (χ2n) is 17.6. The third-order valence-electron chi connectivity index (χ3n) is 12.3. The summed E-state index contributed by atoms with van der Waals surface area (Å²) in [4.78, 5) is 15.3. The standard InChI is InChI=1S/C61H69NO5/c1-2-3-4-5-6-7-8-9-10-11-12-13-14-15-16-29-42-62-56-43-55(65-46-50-32-23-18-24-33-50)44-57(66-47-51-34-25-19-26-35-51)58(56)60(63)61(67-48-52-36-27-20-28-37-52)59(62)53-38-40-54(41-39-53)64-45-49-30-21-17-22-31-49/h17-44H,2-16,45-48H2,1H3. The highest BCUT2D eigenvalue weighted by Crippen LogP contribution is 2.39. The van der Waals surface area contributed by atoms with Gasteiger partial charge in [0.25, 0.3) is 0 Å². The summed E-state index contributed by atoms with van der Waals surface area (Å²) in [5, 5.41) is 0.429. The van der Waals surface area contributed by atoms with Gasteiger partial charge in [-0.2, -0.15) is 0 Å². The normalized spacial score (nSPS) is 11.3. The van der Waals surface area contributed by atoms with Crippen LogP contribution >= 0.6 is 0 Å². The fourth-order valence-corrected chi connectivity index (χ4v) is 8.49. The number of pyridine rings is 1. The van der Waals surface area contributed by atoms with Gasteiger partial charge in [-0.3, -0.25) is 4.79 Å². The molecule has 0 amide bonds. The molecule has 0 atom stereocenters. The Kier molecular flexibility index (Phi) is 19.6. The summed E-state index contributed by atoms with van der Waals surface area (Å²) in [6, 6.07) is 52.0. The van der Waals surface area contributed by atoms with Crippen LogP contribution in [0.1, 0.15) is 125 Å². The molecule has 6 nitrogen and oxygen atoms in total. The van der Waals surface area contributed by atoms with E-state index in [1.54, 1.807) is 0 Å². The molecule has 7 rings (SSSR count). The van der Waals surface area contributed by atoms with E-state index in [-0.39, 0.29) is 24.4 Å². The van der Waals surface area contributed by atoms with Crippen LogP contribution < -0.4 is 24.4 Å². The first kappa shape index (κ1) is 48.4. The topological polar surface area (TPSA) is 58.9 Å². The van der Waals surface area contributed by atoms with Gasteiger partial charge in [0.2, 0.25) is 5.43 Å². The van der Waals surface area contributed by atoms with E-state index in [0.717, 1.165) is 46.4 Å². The van der Waals surface area contributed by atoms with Gasteiger partial charge in [-0.15, -0.1) is 0 Å². The number of rotatable bonds is 29. The molecule has 348 valence electrons. The van der Waals surface area contributed by atoms with Crippen molar-refractivity contribution in [2.45, 2.75) is 130 Å². The first-order chi connectivity index (χ1) is 33.2. The summed E-state index contributed by atoms with van der Waals surface area (Å²) in [6.45, 7) is 3.59. The van der Waals surface area contributed by atoms with Crippen LogP contribution in [0.2, 0.25) is 0 Å². The summed E-state index contributed by atoms with van der Waals surface area (Å²) in [7, 11) is 0. The van der Waals surface area contributed by atoms with Crippen molar-refractivity contribution in [1.29, 1.82) is 0 Å². The summed E-state index contributed by atoms with van der Waals surface area (Å²) < 4.78 is 28.2. The monoisotopic (exact) mass is 896 g/mol. The summed E-state index contributed by atoms with van der Waals surface area (Å²) >= 11 is 0. The van der Waals surface area contributed by atoms with Crippen molar-refractivity contribution in [3.05, 3.63) is 196 Å². The zero-order chi connectivity index (χ0) is 46.1. The fourth-order valence-electron chi connectivity index (χ4n) is 8.49. The van der Waals surface area contributed by atoms with E-state index in [1.165, 1.54) is 83.5 Å². The van der Waals surface area contributed by atoms with E-state index in [9.17, 15) is 0 Å². The molecule has 6 heteroatoms. The molecular formula is C61H69NO5. The van der Waals surface area contributed by atoms with Gasteiger partial charge in [-0.25, -0.2) is 0 Å². The van der Waals surface area contributed by atoms with E-state index in [4.69, 9.17) is 18.9 Å². The van der Waals surface area contributed by atoms with Crippen molar-refractivity contribution >= 4 is 17.1 Å². The van der Waals surface area contributed by atoms with Gasteiger partial charge in [0.15, 0.2) is 5.75 Å². The summed E-state index contributed by atoms with van der Waals surface area (Å²) in [6.07, 6.45) is 23.7. The molecule has 0 aliphatic carbocycles. The predicted molar refractivity (Wildman–Crippen MR) is 277 cm³/mol. The smallest absolute Gasteiger partial charge is 0.235 e. The molecule has 7 aromatic rings. The average molecular weight is 896 g/mol. The summed E-state index contributed by atoms with van der Waals surface area (Å²) in [5.41, 5.74) is 5.97. The van der Waals surface area contributed by atoms with Gasteiger partial charge in [0.05, 0.1) is 16.6 Å². The molecule has 0 fully saturated rings. The molecule has 0 aliphatic rings. The Morgan fingerprint density at radius 1 is 0.448 bits per heavy atom. The molecular weight excluding hydrogens is 827 g/mol. The lowest BCUT2D eigenvalue weighted by atomic mass is 10.0. The van der Waals surface area contributed by atoms with Crippen LogP contribution in [0.5, 0.6) is 23.0 Å². The Labute approximate surface area is 399 Å². The molecule has 0 saturated carbocycles. The first-order valence-electron chi connectivity index (χ1n) is 24.9. The van der Waals surface area contributed by atoms with Crippen molar-refractivity contribution in [1.82, 2.24) is 4.57 Å². The minimum atomic E-state index is -0.250. The zero-order valence-electron chi connectivity index (χ0n) is 39.6. The average Bonchev–Trinajstić information content (AvgIpc) is 3.38. The van der Waals surface area contributed by atoms with Crippen molar-refractivity contribution in [2.75, 3.05) is 0 Å². The lowest BCUT2D eigenvalue weighted by molar-refractivity contribution is 0.291. The van der Waals surface area contributed by atoms with Gasteiger partial charge in [-0.05, 0) is 59.4 Å². The van der Waals surface area contributed by atoms with Crippen molar-refractivity contribution < 1.29 is 18.9 Å². The van der Waals surface area contributed by atoms with Crippen LogP contribution in [0, 0.1) is 0 Å². The highest BCUT2D eigenvalue weighted by atomic mass is 16.5. The van der Waals surface area contributed by atoms with Gasteiger partial charge in [0.1, 0.15) is 43.7 Å². The van der Waals surface area contributed by atoms with Crippen molar-refractivity contribution in [3.8, 4) is 34.3 Å². The quantitative estimate of drug-likeness (QED) is 0.0438. The first-order valence-corrected chi connectivity index (χ1v) is 24.9. The van der Waals surface area contributed by atoms with Crippen LogP contribution in [0.25, 0.3) is 28.4 Å². The number of ether oxygens (including phenoxy) is 4. The van der Waals surface area contributed by atoms with E-state index < -0.39 is 0 Å². The SMILES string of the molecule is CCCCCCCCCCCCCCCCC=Cn1c(-c2ccc(OCc3ccccc3)cc2)c(OCc2ccccc2)c(=O)c2c(OCc3ccccc3)cc(OCc3ccccc3)cc21. The van der Waals surface area contributed by atoms with Crippen LogP contribution in [0.4, 0.5) is 0 Å². The number of unbranched alkanes of at least 4 members (excludes halogenated alkanes) is 14. The van der Waals surface area contributed by atoms with E-state index in [2.05, 4.69) is 35.9 Å². The predicted octanol–water partition coefficient (Wildman–Crippen LogP) is 16.3. The lowest BCUT2D eigenvalue weighted by Crippen LogP contribution is -2.16. The van der Waals surface area contributed by atoms with Gasteiger partial charge >= 0.3 is 0 Å². The highest BCUT2D eigenvalue weighted by Gasteiger charge is 2.24. The largest absolute Gasteiger partial charge is 0.489 e. The zero-order valence-corrected chi connectivity index (χ0v) is 39.6. The maximum absolute atomic E-state index is 15.3. The number of benzene rings is 6. The molecule has 1 aromatic heterocycles. The number of allylic oxidation sites excluding steroid dienone is 1. The van der Waals surface area contributed by atoms with Gasteiger partial charge in [0, 0.05) is 23.9 Å². The molecule has 1 heterocycles. The maximum atomic E-state index is 15.3. The van der Waals surface area contributed by atoms with Gasteiger partial charge in [-0.1, -0.05) is 218 Å². The van der Waals surface area contributed by atoms with Crippen molar-refractivity contribution in [3.63, 3.8) is 0 Å². The van der Waals surface area contributed by atoms with E-state index >= 15 is 4.79 Å². The molecule has 0 spiro atoms. The Bertz CT molecular complexity index is 2570. The third kappa shape index (κ3) is 15.3. The molecule has 67 heavy (non-hydrogen) atoms. The number of hydrogen-bond acceptors (Lipinski definition) is 5. The fraction of sp³-hybridized carbons (Fsp3) is 0.328. The molecule has 6 aromatic carbocycles. The number of aromatic nitrogens is 1. The number of nitrogens with zero attached hydrogens (tertiary/aromatic N) is 1. The Hall–Kier alpha value is -6.53. The second-order valence-corrected chi connectivity index (χ2v) is 17.6.